The van der Waals surface area contributed by atoms with Crippen molar-refractivity contribution in [2.45, 2.75) is 19.3 Å². The van der Waals surface area contributed by atoms with Gasteiger partial charge in [0.05, 0.1) is 11.8 Å². The van der Waals surface area contributed by atoms with Crippen LogP contribution in [0.15, 0.2) is 0 Å². The molecule has 0 aromatic heterocycles. The second kappa shape index (κ2) is 7.08. The van der Waals surface area contributed by atoms with Gasteiger partial charge in [0.1, 0.15) is 0 Å². The monoisotopic (exact) mass is 272 g/mol. The minimum absolute atomic E-state index is 0.00924. The van der Waals surface area contributed by atoms with Crippen LogP contribution in [0.5, 0.6) is 0 Å². The molecule has 19 heavy (non-hydrogen) atoms. The van der Waals surface area contributed by atoms with Crippen LogP contribution in [0, 0.1) is 11.8 Å². The van der Waals surface area contributed by atoms with E-state index < -0.39 is 23.8 Å². The fourth-order valence-electron chi connectivity index (χ4n) is 2.30. The smallest absolute Gasteiger partial charge is 0.309 e. The van der Waals surface area contributed by atoms with E-state index in [1.54, 1.807) is 7.05 Å². The standard InChI is InChI=1S/C12H20N2O5/c1-13-5-2-3-10(15)14-6-4-8(11(16)17)9(7-14)12(18)19/h8-9,13H,2-7H2,1H3,(H,16,17)(H,18,19). The summed E-state index contributed by atoms with van der Waals surface area (Å²) >= 11 is 0. The first-order chi connectivity index (χ1) is 8.97. The highest BCUT2D eigenvalue weighted by atomic mass is 16.4. The number of piperidine rings is 1. The number of carboxylic acid groups (broad SMARTS) is 2. The number of nitrogens with zero attached hydrogens (tertiary/aromatic N) is 1. The first-order valence-corrected chi connectivity index (χ1v) is 6.35. The molecule has 7 heteroatoms. The van der Waals surface area contributed by atoms with Crippen molar-refractivity contribution in [3.8, 4) is 0 Å². The Morgan fingerprint density at radius 1 is 1.21 bits per heavy atom. The van der Waals surface area contributed by atoms with Crippen LogP contribution in [-0.4, -0.2) is 59.6 Å². The fourth-order valence-corrected chi connectivity index (χ4v) is 2.30. The molecule has 1 aliphatic heterocycles. The number of hydrogen-bond donors (Lipinski definition) is 3. The van der Waals surface area contributed by atoms with E-state index in [9.17, 15) is 14.4 Å². The van der Waals surface area contributed by atoms with Crippen LogP contribution in [0.1, 0.15) is 19.3 Å². The Morgan fingerprint density at radius 3 is 2.37 bits per heavy atom. The molecule has 7 nitrogen and oxygen atoms in total. The van der Waals surface area contributed by atoms with Crippen molar-refractivity contribution < 1.29 is 24.6 Å². The molecule has 1 heterocycles. The third-order valence-corrected chi connectivity index (χ3v) is 3.42. The van der Waals surface area contributed by atoms with Crippen LogP contribution in [0.3, 0.4) is 0 Å². The van der Waals surface area contributed by atoms with Gasteiger partial charge >= 0.3 is 11.9 Å². The Labute approximate surface area is 111 Å². The number of carboxylic acids is 2. The zero-order valence-electron chi connectivity index (χ0n) is 11.0. The van der Waals surface area contributed by atoms with Crippen molar-refractivity contribution in [3.63, 3.8) is 0 Å². The third kappa shape index (κ3) is 4.20. The Bertz CT molecular complexity index is 358. The molecule has 0 aromatic carbocycles. The summed E-state index contributed by atoms with van der Waals surface area (Å²) in [5, 5.41) is 21.0. The normalized spacial score (nSPS) is 23.1. The number of nitrogens with one attached hydrogen (secondary N) is 1. The van der Waals surface area contributed by atoms with Crippen LogP contribution >= 0.6 is 0 Å². The predicted octanol–water partition coefficient (Wildman–Crippen LogP) is -0.380. The molecule has 2 unspecified atom stereocenters. The van der Waals surface area contributed by atoms with E-state index in [4.69, 9.17) is 10.2 Å². The van der Waals surface area contributed by atoms with Gasteiger partial charge in [0.15, 0.2) is 0 Å². The van der Waals surface area contributed by atoms with Gasteiger partial charge in [-0.25, -0.2) is 0 Å². The number of rotatable bonds is 6. The van der Waals surface area contributed by atoms with Gasteiger partial charge in [0.25, 0.3) is 0 Å². The predicted molar refractivity (Wildman–Crippen MR) is 66.6 cm³/mol. The molecule has 0 saturated carbocycles. The number of aliphatic carboxylic acids is 2. The first kappa shape index (κ1) is 15.4. The van der Waals surface area contributed by atoms with Crippen LogP contribution in [0.4, 0.5) is 0 Å². The fraction of sp³-hybridized carbons (Fsp3) is 0.750. The van der Waals surface area contributed by atoms with Crippen LogP contribution in [0.25, 0.3) is 0 Å². The maximum atomic E-state index is 11.9. The van der Waals surface area contributed by atoms with Crippen molar-refractivity contribution in [3.05, 3.63) is 0 Å². The highest BCUT2D eigenvalue weighted by Crippen LogP contribution is 2.24. The van der Waals surface area contributed by atoms with Crippen molar-refractivity contribution >= 4 is 17.8 Å². The van der Waals surface area contributed by atoms with Crippen LogP contribution in [-0.2, 0) is 14.4 Å². The lowest BCUT2D eigenvalue weighted by Crippen LogP contribution is -2.48. The summed E-state index contributed by atoms with van der Waals surface area (Å²) in [6.45, 7) is 1.03. The number of carbonyl (C=O) groups is 3. The molecule has 1 aliphatic rings. The molecule has 1 rings (SSSR count). The molecular weight excluding hydrogens is 252 g/mol. The summed E-state index contributed by atoms with van der Waals surface area (Å²) < 4.78 is 0. The zero-order chi connectivity index (χ0) is 14.4. The summed E-state index contributed by atoms with van der Waals surface area (Å²) in [7, 11) is 1.79. The van der Waals surface area contributed by atoms with Gasteiger partial charge in [0.2, 0.25) is 5.91 Å². The van der Waals surface area contributed by atoms with E-state index in [1.807, 2.05) is 0 Å². The van der Waals surface area contributed by atoms with Crippen LogP contribution in [0.2, 0.25) is 0 Å². The van der Waals surface area contributed by atoms with E-state index in [0.717, 1.165) is 6.54 Å². The van der Waals surface area contributed by atoms with E-state index in [0.29, 0.717) is 19.4 Å². The SMILES string of the molecule is CNCCCC(=O)N1CCC(C(=O)O)C(C(=O)O)C1. The Balaban J connectivity index is 2.58. The zero-order valence-corrected chi connectivity index (χ0v) is 11.0. The van der Waals surface area contributed by atoms with E-state index in [2.05, 4.69) is 5.32 Å². The summed E-state index contributed by atoms with van der Waals surface area (Å²) in [4.78, 5) is 35.4. The maximum absolute atomic E-state index is 11.9. The van der Waals surface area contributed by atoms with Gasteiger partial charge in [-0.05, 0) is 26.4 Å². The van der Waals surface area contributed by atoms with Gasteiger partial charge in [-0.15, -0.1) is 0 Å². The van der Waals surface area contributed by atoms with Gasteiger partial charge in [-0.2, -0.15) is 0 Å². The second-order valence-electron chi connectivity index (χ2n) is 4.72. The molecule has 0 aromatic rings. The molecule has 3 N–H and O–H groups in total. The van der Waals surface area contributed by atoms with Gasteiger partial charge < -0.3 is 20.4 Å². The third-order valence-electron chi connectivity index (χ3n) is 3.42. The molecule has 2 atom stereocenters. The highest BCUT2D eigenvalue weighted by Gasteiger charge is 2.39. The summed E-state index contributed by atoms with van der Waals surface area (Å²) in [6, 6.07) is 0. The summed E-state index contributed by atoms with van der Waals surface area (Å²) in [6.07, 6.45) is 1.24. The largest absolute Gasteiger partial charge is 0.481 e. The van der Waals surface area contributed by atoms with E-state index in [-0.39, 0.29) is 18.9 Å². The lowest BCUT2D eigenvalue weighted by molar-refractivity contribution is -0.159. The topological polar surface area (TPSA) is 107 Å². The highest BCUT2D eigenvalue weighted by molar-refractivity contribution is 5.82. The molecule has 0 spiro atoms. The number of likely N-dealkylation sites (tertiary alicyclic amines) is 1. The molecule has 1 fully saturated rings. The molecule has 0 aliphatic carbocycles. The maximum Gasteiger partial charge on any atom is 0.309 e. The van der Waals surface area contributed by atoms with Gasteiger partial charge in [-0.3, -0.25) is 14.4 Å². The van der Waals surface area contributed by atoms with E-state index >= 15 is 0 Å². The van der Waals surface area contributed by atoms with Crippen molar-refractivity contribution in [1.82, 2.24) is 10.2 Å². The second-order valence-corrected chi connectivity index (χ2v) is 4.72. The van der Waals surface area contributed by atoms with Crippen molar-refractivity contribution in [2.24, 2.45) is 11.8 Å². The quantitative estimate of drug-likeness (QED) is 0.569. The summed E-state index contributed by atoms with van der Waals surface area (Å²) in [5.41, 5.74) is 0. The van der Waals surface area contributed by atoms with Gasteiger partial charge in [-0.1, -0.05) is 0 Å². The average Bonchev–Trinajstić information content (AvgIpc) is 2.38. The molecule has 0 bridgehead atoms. The van der Waals surface area contributed by atoms with Crippen molar-refractivity contribution in [2.75, 3.05) is 26.7 Å². The molecular formula is C12H20N2O5. The Morgan fingerprint density at radius 2 is 1.84 bits per heavy atom. The summed E-state index contributed by atoms with van der Waals surface area (Å²) in [5.74, 6) is -4.28. The Hall–Kier alpha value is -1.63. The first-order valence-electron chi connectivity index (χ1n) is 6.35. The molecule has 1 amide bonds. The minimum Gasteiger partial charge on any atom is -0.481 e. The average molecular weight is 272 g/mol. The Kier molecular flexibility index (Phi) is 5.75. The number of amides is 1. The lowest BCUT2D eigenvalue weighted by Gasteiger charge is -2.34. The molecule has 0 radical (unpaired) electrons. The number of carbonyl (C=O) groups excluding carboxylic acids is 1. The van der Waals surface area contributed by atoms with Crippen molar-refractivity contribution in [1.29, 1.82) is 0 Å². The lowest BCUT2D eigenvalue weighted by atomic mass is 9.85. The minimum atomic E-state index is -1.15. The molecule has 108 valence electrons. The van der Waals surface area contributed by atoms with Gasteiger partial charge in [0, 0.05) is 19.5 Å². The number of hydrogen-bond acceptors (Lipinski definition) is 4. The van der Waals surface area contributed by atoms with E-state index in [1.165, 1.54) is 4.90 Å². The van der Waals surface area contributed by atoms with Crippen LogP contribution < -0.4 is 5.32 Å². The molecule has 1 saturated heterocycles.